The third-order valence-electron chi connectivity index (χ3n) is 3.65. The maximum atomic E-state index is 11.9. The first-order valence-electron chi connectivity index (χ1n) is 7.92. The van der Waals surface area contributed by atoms with E-state index in [-0.39, 0.29) is 5.69 Å². The van der Waals surface area contributed by atoms with Crippen molar-refractivity contribution < 1.29 is 19.2 Å². The lowest BCUT2D eigenvalue weighted by Crippen LogP contribution is -2.20. The maximum Gasteiger partial charge on any atom is 0.331 e. The zero-order chi connectivity index (χ0) is 20.0. The summed E-state index contributed by atoms with van der Waals surface area (Å²) in [4.78, 5) is 33.8. The molecule has 0 fully saturated rings. The molecule has 1 N–H and O–H groups in total. The lowest BCUT2D eigenvalue weighted by molar-refractivity contribution is -0.384. The maximum absolute atomic E-state index is 11.9. The minimum Gasteiger partial charge on any atom is -0.452 e. The van der Waals surface area contributed by atoms with Gasteiger partial charge in [0.2, 0.25) is 0 Å². The molecule has 0 aromatic heterocycles. The second-order valence-corrected chi connectivity index (χ2v) is 6.16. The Morgan fingerprint density at radius 3 is 2.56 bits per heavy atom. The quantitative estimate of drug-likeness (QED) is 0.348. The fourth-order valence-corrected chi connectivity index (χ4v) is 2.34. The van der Waals surface area contributed by atoms with Crippen molar-refractivity contribution in [2.45, 2.75) is 13.8 Å². The van der Waals surface area contributed by atoms with Crippen LogP contribution in [0.4, 0.5) is 11.4 Å². The molecule has 0 saturated carbocycles. The van der Waals surface area contributed by atoms with Crippen molar-refractivity contribution in [1.29, 1.82) is 0 Å². The van der Waals surface area contributed by atoms with Gasteiger partial charge in [-0.15, -0.1) is 0 Å². The Hall–Kier alpha value is -3.19. The topological polar surface area (TPSA) is 98.5 Å². The van der Waals surface area contributed by atoms with Gasteiger partial charge in [-0.25, -0.2) is 4.79 Å². The molecular formula is C19H17ClN2O5. The van der Waals surface area contributed by atoms with Crippen molar-refractivity contribution in [3.05, 3.63) is 74.3 Å². The van der Waals surface area contributed by atoms with Gasteiger partial charge in [0.15, 0.2) is 6.61 Å². The Bertz CT molecular complexity index is 924. The normalized spacial score (nSPS) is 10.6. The zero-order valence-electron chi connectivity index (χ0n) is 14.7. The van der Waals surface area contributed by atoms with Gasteiger partial charge in [-0.05, 0) is 48.7 Å². The number of hydrogen-bond donors (Lipinski definition) is 1. The molecule has 1 amide bonds. The Morgan fingerprint density at radius 2 is 1.93 bits per heavy atom. The van der Waals surface area contributed by atoms with Crippen LogP contribution in [0.25, 0.3) is 6.08 Å². The number of nitrogens with one attached hydrogen (secondary N) is 1. The van der Waals surface area contributed by atoms with Crippen molar-refractivity contribution in [3.8, 4) is 0 Å². The molecule has 2 rings (SSSR count). The van der Waals surface area contributed by atoms with Gasteiger partial charge in [0, 0.05) is 28.9 Å². The number of rotatable bonds is 6. The Balaban J connectivity index is 1.87. The molecule has 0 unspecified atom stereocenters. The van der Waals surface area contributed by atoms with Crippen molar-refractivity contribution in [3.63, 3.8) is 0 Å². The van der Waals surface area contributed by atoms with E-state index in [1.54, 1.807) is 19.1 Å². The van der Waals surface area contributed by atoms with Crippen molar-refractivity contribution >= 4 is 40.9 Å². The molecule has 27 heavy (non-hydrogen) atoms. The Kier molecular flexibility index (Phi) is 6.67. The van der Waals surface area contributed by atoms with Gasteiger partial charge >= 0.3 is 5.97 Å². The minimum atomic E-state index is -0.678. The number of benzene rings is 2. The fraction of sp³-hybridized carbons (Fsp3) is 0.158. The van der Waals surface area contributed by atoms with Crippen molar-refractivity contribution in [2.75, 3.05) is 11.9 Å². The predicted molar refractivity (Wildman–Crippen MR) is 103 cm³/mol. The summed E-state index contributed by atoms with van der Waals surface area (Å²) >= 11 is 6.01. The molecular weight excluding hydrogens is 372 g/mol. The number of aryl methyl sites for hydroxylation is 2. The monoisotopic (exact) mass is 388 g/mol. The molecule has 0 aliphatic heterocycles. The first-order chi connectivity index (χ1) is 12.8. The van der Waals surface area contributed by atoms with Gasteiger partial charge in [0.05, 0.1) is 4.92 Å². The molecule has 0 heterocycles. The highest BCUT2D eigenvalue weighted by molar-refractivity contribution is 6.31. The van der Waals surface area contributed by atoms with E-state index in [0.29, 0.717) is 16.3 Å². The summed E-state index contributed by atoms with van der Waals surface area (Å²) in [7, 11) is 0. The average Bonchev–Trinajstić information content (AvgIpc) is 2.62. The second-order valence-electron chi connectivity index (χ2n) is 5.75. The van der Waals surface area contributed by atoms with Crippen LogP contribution in [0.3, 0.4) is 0 Å². The van der Waals surface area contributed by atoms with Crippen LogP contribution in [-0.2, 0) is 14.3 Å². The van der Waals surface area contributed by atoms with E-state index in [9.17, 15) is 19.7 Å². The lowest BCUT2D eigenvalue weighted by atomic mass is 10.1. The third kappa shape index (κ3) is 5.93. The highest BCUT2D eigenvalue weighted by Gasteiger charge is 2.11. The number of ether oxygens (including phenoxy) is 1. The molecule has 0 spiro atoms. The van der Waals surface area contributed by atoms with E-state index in [0.717, 1.165) is 11.1 Å². The minimum absolute atomic E-state index is 0.0710. The molecule has 2 aromatic rings. The molecule has 0 atom stereocenters. The molecule has 140 valence electrons. The largest absolute Gasteiger partial charge is 0.452 e. The van der Waals surface area contributed by atoms with Crippen LogP contribution in [0.1, 0.15) is 16.7 Å². The van der Waals surface area contributed by atoms with E-state index in [1.165, 1.54) is 30.4 Å². The van der Waals surface area contributed by atoms with Crippen molar-refractivity contribution in [2.24, 2.45) is 0 Å². The van der Waals surface area contributed by atoms with Gasteiger partial charge in [-0.3, -0.25) is 14.9 Å². The number of nitro benzene ring substituents is 1. The molecule has 0 aliphatic rings. The van der Waals surface area contributed by atoms with Crippen LogP contribution < -0.4 is 5.32 Å². The van der Waals surface area contributed by atoms with Crippen LogP contribution in [-0.4, -0.2) is 23.4 Å². The number of esters is 1. The molecule has 8 heteroatoms. The van der Waals surface area contributed by atoms with Crippen molar-refractivity contribution in [1.82, 2.24) is 0 Å². The first kappa shape index (κ1) is 20.1. The Labute approximate surface area is 160 Å². The average molecular weight is 389 g/mol. The number of amides is 1. The fourth-order valence-electron chi connectivity index (χ4n) is 2.15. The van der Waals surface area contributed by atoms with E-state index in [2.05, 4.69) is 5.32 Å². The highest BCUT2D eigenvalue weighted by atomic mass is 35.5. The highest BCUT2D eigenvalue weighted by Crippen LogP contribution is 2.21. The predicted octanol–water partition coefficient (Wildman–Crippen LogP) is 4.06. The van der Waals surface area contributed by atoms with Gasteiger partial charge < -0.3 is 10.1 Å². The summed E-state index contributed by atoms with van der Waals surface area (Å²) in [5.74, 6) is -1.23. The number of nitro groups is 1. The van der Waals surface area contributed by atoms with E-state index in [4.69, 9.17) is 16.3 Å². The number of hydrogen-bond acceptors (Lipinski definition) is 5. The number of non-ortho nitro benzene ring substituents is 1. The molecule has 2 aromatic carbocycles. The first-order valence-corrected chi connectivity index (χ1v) is 8.30. The lowest BCUT2D eigenvalue weighted by Gasteiger charge is -2.08. The Morgan fingerprint density at radius 1 is 1.19 bits per heavy atom. The van der Waals surface area contributed by atoms with E-state index < -0.39 is 23.4 Å². The number of anilines is 1. The van der Waals surface area contributed by atoms with Gasteiger partial charge in [0.1, 0.15) is 0 Å². The third-order valence-corrected chi connectivity index (χ3v) is 4.06. The molecule has 0 aliphatic carbocycles. The van der Waals surface area contributed by atoms with Crippen LogP contribution in [0.5, 0.6) is 0 Å². The molecule has 0 saturated heterocycles. The number of halogens is 1. The van der Waals surface area contributed by atoms with Crippen LogP contribution in [0.2, 0.25) is 5.02 Å². The smallest absolute Gasteiger partial charge is 0.331 e. The second kappa shape index (κ2) is 8.95. The number of carbonyl (C=O) groups is 2. The number of nitrogens with zero attached hydrogens (tertiary/aromatic N) is 1. The summed E-state index contributed by atoms with van der Waals surface area (Å²) in [5.41, 5.74) is 2.52. The molecule has 7 nitrogen and oxygen atoms in total. The number of carbonyl (C=O) groups excluding carboxylic acids is 2. The van der Waals surface area contributed by atoms with Crippen LogP contribution >= 0.6 is 11.6 Å². The van der Waals surface area contributed by atoms with Crippen LogP contribution in [0, 0.1) is 24.0 Å². The summed E-state index contributed by atoms with van der Waals surface area (Å²) in [6, 6.07) is 9.39. The van der Waals surface area contributed by atoms with Crippen LogP contribution in [0.15, 0.2) is 42.5 Å². The SMILES string of the molecule is Cc1ccc(/C=C/C(=O)OCC(=O)Nc2ccc([N+](=O)[O-])cc2C)cc1Cl. The van der Waals surface area contributed by atoms with Gasteiger partial charge in [-0.2, -0.15) is 0 Å². The summed E-state index contributed by atoms with van der Waals surface area (Å²) < 4.78 is 4.87. The van der Waals surface area contributed by atoms with E-state index >= 15 is 0 Å². The van der Waals surface area contributed by atoms with Gasteiger partial charge in [0.25, 0.3) is 11.6 Å². The van der Waals surface area contributed by atoms with E-state index in [1.807, 2.05) is 13.0 Å². The molecule has 0 bridgehead atoms. The van der Waals surface area contributed by atoms with Gasteiger partial charge in [-0.1, -0.05) is 23.7 Å². The summed E-state index contributed by atoms with van der Waals surface area (Å²) in [6.45, 7) is 3.02. The summed E-state index contributed by atoms with van der Waals surface area (Å²) in [5, 5.41) is 13.8. The zero-order valence-corrected chi connectivity index (χ0v) is 15.4. The summed E-state index contributed by atoms with van der Waals surface area (Å²) in [6.07, 6.45) is 2.73. The molecule has 0 radical (unpaired) electrons. The standard InChI is InChI=1S/C19H17ClN2O5/c1-12-3-4-14(10-16(12)20)5-8-19(24)27-11-18(23)21-17-7-6-15(22(25)26)9-13(17)2/h3-10H,11H2,1-2H3,(H,21,23)/b8-5+.